The van der Waals surface area contributed by atoms with Crippen LogP contribution in [0.2, 0.25) is 0 Å². The molecule has 19 heavy (non-hydrogen) atoms. The Hall–Kier alpha value is -2.31. The third kappa shape index (κ3) is 2.93. The topological polar surface area (TPSA) is 42.1 Å². The van der Waals surface area contributed by atoms with Gasteiger partial charge in [0.1, 0.15) is 5.75 Å². The number of alkyl halides is 3. The highest BCUT2D eigenvalue weighted by molar-refractivity contribution is 5.69. The van der Waals surface area contributed by atoms with Crippen LogP contribution in [0.25, 0.3) is 11.1 Å². The highest BCUT2D eigenvalue weighted by Gasteiger charge is 2.32. The van der Waals surface area contributed by atoms with Gasteiger partial charge in [-0.15, -0.1) is 13.2 Å². The van der Waals surface area contributed by atoms with Crippen molar-refractivity contribution in [3.8, 4) is 16.9 Å². The van der Waals surface area contributed by atoms with Gasteiger partial charge in [-0.25, -0.2) is 4.39 Å². The van der Waals surface area contributed by atoms with Gasteiger partial charge in [-0.3, -0.25) is 4.79 Å². The first-order chi connectivity index (χ1) is 8.88. The summed E-state index contributed by atoms with van der Waals surface area (Å²) < 4.78 is 53.6. The highest BCUT2D eigenvalue weighted by atomic mass is 19.4. The van der Waals surface area contributed by atoms with Crippen molar-refractivity contribution in [2.24, 2.45) is 0 Å². The summed E-state index contributed by atoms with van der Waals surface area (Å²) in [6, 6.07) is 5.03. The molecule has 0 saturated heterocycles. The number of hydrogen-bond donors (Lipinski definition) is 1. The summed E-state index contributed by atoms with van der Waals surface area (Å²) >= 11 is 0. The average Bonchev–Trinajstić information content (AvgIpc) is 2.32. The number of pyridine rings is 1. The maximum absolute atomic E-state index is 13.1. The van der Waals surface area contributed by atoms with E-state index >= 15 is 0 Å². The number of para-hydroxylation sites is 1. The second-order valence-electron chi connectivity index (χ2n) is 3.59. The lowest BCUT2D eigenvalue weighted by Gasteiger charge is -2.12. The fraction of sp³-hybridized carbons (Fsp3) is 0.0833. The number of aromatic nitrogens is 1. The molecule has 7 heteroatoms. The van der Waals surface area contributed by atoms with Gasteiger partial charge in [-0.2, -0.15) is 0 Å². The Morgan fingerprint density at radius 1 is 1.05 bits per heavy atom. The van der Waals surface area contributed by atoms with E-state index < -0.39 is 23.4 Å². The predicted octanol–water partition coefficient (Wildman–Crippen LogP) is 3.08. The minimum absolute atomic E-state index is 0.138. The number of hydrogen-bond acceptors (Lipinski definition) is 2. The van der Waals surface area contributed by atoms with Crippen molar-refractivity contribution in [1.29, 1.82) is 0 Å². The van der Waals surface area contributed by atoms with E-state index in [4.69, 9.17) is 0 Å². The molecule has 1 N–H and O–H groups in total. The summed E-state index contributed by atoms with van der Waals surface area (Å²) in [7, 11) is 0. The zero-order valence-electron chi connectivity index (χ0n) is 9.29. The molecule has 0 aliphatic carbocycles. The van der Waals surface area contributed by atoms with Crippen LogP contribution in [0.5, 0.6) is 5.75 Å². The van der Waals surface area contributed by atoms with E-state index in [1.807, 2.05) is 0 Å². The lowest BCUT2D eigenvalue weighted by atomic mass is 10.1. The molecule has 0 saturated carbocycles. The summed E-state index contributed by atoms with van der Waals surface area (Å²) in [5.41, 5.74) is -1.38. The monoisotopic (exact) mass is 273 g/mol. The van der Waals surface area contributed by atoms with Crippen LogP contribution in [0, 0.1) is 5.82 Å². The Morgan fingerprint density at radius 2 is 1.74 bits per heavy atom. The molecular formula is C12H7F4NO2. The zero-order valence-corrected chi connectivity index (χ0v) is 9.29. The van der Waals surface area contributed by atoms with E-state index in [-0.39, 0.29) is 11.1 Å². The molecule has 2 aromatic rings. The summed E-state index contributed by atoms with van der Waals surface area (Å²) in [5, 5.41) is 0. The molecular weight excluding hydrogens is 266 g/mol. The smallest absolute Gasteiger partial charge is 0.405 e. The van der Waals surface area contributed by atoms with Gasteiger partial charge in [0.25, 0.3) is 0 Å². The van der Waals surface area contributed by atoms with Crippen molar-refractivity contribution in [3.05, 3.63) is 52.7 Å². The number of halogens is 4. The fourth-order valence-electron chi connectivity index (χ4n) is 1.56. The van der Waals surface area contributed by atoms with Gasteiger partial charge in [0, 0.05) is 18.0 Å². The molecule has 1 heterocycles. The third-order valence-corrected chi connectivity index (χ3v) is 2.30. The minimum atomic E-state index is -4.89. The molecule has 0 fully saturated rings. The van der Waals surface area contributed by atoms with Gasteiger partial charge in [0.15, 0.2) is 5.82 Å². The molecule has 0 atom stereocenters. The van der Waals surface area contributed by atoms with Gasteiger partial charge in [0.2, 0.25) is 5.43 Å². The number of rotatable bonds is 2. The van der Waals surface area contributed by atoms with Crippen LogP contribution in [0.15, 0.2) is 41.5 Å². The zero-order chi connectivity index (χ0) is 14.0. The van der Waals surface area contributed by atoms with Crippen molar-refractivity contribution in [2.45, 2.75) is 6.36 Å². The van der Waals surface area contributed by atoms with Crippen molar-refractivity contribution in [3.63, 3.8) is 0 Å². The van der Waals surface area contributed by atoms with Crippen LogP contribution in [0.3, 0.4) is 0 Å². The number of nitrogens with one attached hydrogen (secondary N) is 1. The molecule has 0 radical (unpaired) electrons. The van der Waals surface area contributed by atoms with Crippen LogP contribution in [0.4, 0.5) is 17.6 Å². The molecule has 0 aliphatic heterocycles. The quantitative estimate of drug-likeness (QED) is 0.854. The van der Waals surface area contributed by atoms with E-state index in [1.54, 1.807) is 0 Å². The van der Waals surface area contributed by atoms with Gasteiger partial charge in [-0.05, 0) is 6.07 Å². The van der Waals surface area contributed by atoms with Crippen molar-refractivity contribution in [1.82, 2.24) is 4.98 Å². The maximum atomic E-state index is 13.1. The Kier molecular flexibility index (Phi) is 3.28. The first-order valence-corrected chi connectivity index (χ1v) is 5.10. The molecule has 0 amide bonds. The Morgan fingerprint density at radius 3 is 2.42 bits per heavy atom. The molecule has 3 nitrogen and oxygen atoms in total. The number of aromatic amines is 1. The summed E-state index contributed by atoms with van der Waals surface area (Å²) in [5.74, 6) is -1.65. The van der Waals surface area contributed by atoms with Gasteiger partial charge < -0.3 is 9.72 Å². The van der Waals surface area contributed by atoms with E-state index in [1.165, 1.54) is 18.2 Å². The second-order valence-corrected chi connectivity index (χ2v) is 3.59. The van der Waals surface area contributed by atoms with E-state index in [0.29, 0.717) is 0 Å². The van der Waals surface area contributed by atoms with E-state index in [9.17, 15) is 22.4 Å². The summed E-state index contributed by atoms with van der Waals surface area (Å²) in [6.45, 7) is 0. The van der Waals surface area contributed by atoms with Crippen molar-refractivity contribution in [2.75, 3.05) is 0 Å². The molecule has 0 aliphatic rings. The second kappa shape index (κ2) is 4.75. The van der Waals surface area contributed by atoms with E-state index in [2.05, 4.69) is 9.72 Å². The van der Waals surface area contributed by atoms with Gasteiger partial charge >= 0.3 is 6.36 Å². The third-order valence-electron chi connectivity index (χ3n) is 2.30. The molecule has 1 aromatic carbocycles. The first-order valence-electron chi connectivity index (χ1n) is 5.10. The summed E-state index contributed by atoms with van der Waals surface area (Å²) in [6.07, 6.45) is -2.96. The Balaban J connectivity index is 2.57. The first kappa shape index (κ1) is 13.1. The molecule has 0 unspecified atom stereocenters. The predicted molar refractivity (Wildman–Crippen MR) is 59.1 cm³/mol. The number of benzene rings is 1. The molecule has 0 spiro atoms. The largest absolute Gasteiger partial charge is 0.573 e. The molecule has 2 rings (SSSR count). The molecule has 1 aromatic heterocycles. The normalized spacial score (nSPS) is 11.4. The lowest BCUT2D eigenvalue weighted by molar-refractivity contribution is -0.274. The lowest BCUT2D eigenvalue weighted by Crippen LogP contribution is -2.18. The maximum Gasteiger partial charge on any atom is 0.573 e. The van der Waals surface area contributed by atoms with Crippen LogP contribution >= 0.6 is 0 Å². The SMILES string of the molecule is O=c1c(F)c[nH]cc1-c1ccccc1OC(F)(F)F. The van der Waals surface area contributed by atoms with Crippen LogP contribution in [-0.4, -0.2) is 11.3 Å². The average molecular weight is 273 g/mol. The van der Waals surface area contributed by atoms with Crippen molar-refractivity contribution < 1.29 is 22.3 Å². The molecule has 100 valence electrons. The Labute approximate surface area is 104 Å². The standard InChI is InChI=1S/C12H7F4NO2/c13-9-6-17-5-8(11(9)18)7-3-1-2-4-10(7)19-12(14,15)16/h1-6H,(H,17,18). The van der Waals surface area contributed by atoms with Crippen LogP contribution < -0.4 is 10.2 Å². The van der Waals surface area contributed by atoms with Gasteiger partial charge in [0.05, 0.1) is 5.56 Å². The summed E-state index contributed by atoms with van der Waals surface area (Å²) in [4.78, 5) is 13.9. The Bertz CT molecular complexity index is 649. The number of ether oxygens (including phenoxy) is 1. The van der Waals surface area contributed by atoms with Crippen molar-refractivity contribution >= 4 is 0 Å². The molecule has 0 bridgehead atoms. The van der Waals surface area contributed by atoms with E-state index in [0.717, 1.165) is 18.5 Å². The van der Waals surface area contributed by atoms with Crippen LogP contribution in [0.1, 0.15) is 0 Å². The highest BCUT2D eigenvalue weighted by Crippen LogP contribution is 2.31. The fourth-order valence-corrected chi connectivity index (χ4v) is 1.56. The van der Waals surface area contributed by atoms with Crippen LogP contribution in [-0.2, 0) is 0 Å². The number of H-pyrrole nitrogens is 1. The minimum Gasteiger partial charge on any atom is -0.405 e. The van der Waals surface area contributed by atoms with Gasteiger partial charge in [-0.1, -0.05) is 18.2 Å².